The number of benzene rings is 1. The maximum atomic E-state index is 8.81. The first-order valence-corrected chi connectivity index (χ1v) is 8.03. The molecule has 0 amide bonds. The molecule has 0 bridgehead atoms. The average Bonchev–Trinajstić information content (AvgIpc) is 2.51. The predicted molar refractivity (Wildman–Crippen MR) is 86.1 cm³/mol. The third-order valence-corrected chi connectivity index (χ3v) is 4.15. The maximum absolute atomic E-state index is 8.81. The Kier molecular flexibility index (Phi) is 5.60. The number of aryl methyl sites for hydroxylation is 1. The molecule has 1 saturated heterocycles. The largest absolute Gasteiger partial charge is 0.495 e. The Morgan fingerprint density at radius 3 is 1.90 bits per heavy atom. The van der Waals surface area contributed by atoms with Crippen LogP contribution in [0.4, 0.5) is 0 Å². The monoisotopic (exact) mass is 313 g/mol. The molecule has 0 unspecified atom stereocenters. The van der Waals surface area contributed by atoms with Gasteiger partial charge in [-0.1, -0.05) is 18.2 Å². The summed E-state index contributed by atoms with van der Waals surface area (Å²) in [6.45, 7) is 12.6. The lowest BCUT2D eigenvalue weighted by Crippen LogP contribution is -2.41. The molecule has 1 fully saturated rings. The summed E-state index contributed by atoms with van der Waals surface area (Å²) in [6.07, 6.45) is 0. The highest BCUT2D eigenvalue weighted by atomic mass is 32.2. The molecule has 0 atom stereocenters. The zero-order valence-corrected chi connectivity index (χ0v) is 14.4. The van der Waals surface area contributed by atoms with Crippen LogP contribution in [0.3, 0.4) is 0 Å². The molecule has 0 spiro atoms. The zero-order valence-electron chi connectivity index (χ0n) is 13.5. The van der Waals surface area contributed by atoms with Crippen LogP contribution in [0.5, 0.6) is 0 Å². The van der Waals surface area contributed by atoms with Crippen molar-refractivity contribution in [3.63, 3.8) is 0 Å². The van der Waals surface area contributed by atoms with Gasteiger partial charge < -0.3 is 9.31 Å². The van der Waals surface area contributed by atoms with Crippen molar-refractivity contribution in [1.29, 1.82) is 0 Å². The quantitative estimate of drug-likeness (QED) is 0.600. The van der Waals surface area contributed by atoms with Crippen molar-refractivity contribution in [2.45, 2.75) is 52.7 Å². The fourth-order valence-corrected chi connectivity index (χ4v) is 2.00. The van der Waals surface area contributed by atoms with E-state index in [1.807, 2.05) is 0 Å². The fraction of sp³-hybridized carbons (Fsp3) is 0.571. The number of hydrogen-bond donors (Lipinski definition) is 2. The standard InChI is InChI=1S/C14H21BO2.H3NO2S/c1-10-8-7-9-12(11(10)2)15-16-13(3,4)14(5,6)17-15;1-4(2)3/h7-9H,1-6H3;4H,(H2,1,2,3). The normalized spacial score (nSPS) is 19.3. The number of nitrogens with two attached hydrogens (primary N) is 1. The highest BCUT2D eigenvalue weighted by Gasteiger charge is 2.52. The van der Waals surface area contributed by atoms with Crippen molar-refractivity contribution in [1.82, 2.24) is 0 Å². The molecule has 1 aliphatic heterocycles. The van der Waals surface area contributed by atoms with Gasteiger partial charge in [-0.05, 0) is 58.1 Å². The molecular weight excluding hydrogens is 289 g/mol. The van der Waals surface area contributed by atoms with E-state index in [-0.39, 0.29) is 18.3 Å². The molecule has 7 heteroatoms. The van der Waals surface area contributed by atoms with Gasteiger partial charge in [0.15, 0.2) is 10.9 Å². The van der Waals surface area contributed by atoms with Gasteiger partial charge in [-0.25, -0.2) is 13.6 Å². The van der Waals surface area contributed by atoms with E-state index >= 15 is 0 Å². The molecule has 1 aliphatic rings. The van der Waals surface area contributed by atoms with Crippen LogP contribution >= 0.6 is 0 Å². The summed E-state index contributed by atoms with van der Waals surface area (Å²) in [7, 11) is -2.87. The van der Waals surface area contributed by atoms with Gasteiger partial charge in [0.2, 0.25) is 0 Å². The van der Waals surface area contributed by atoms with E-state index in [9.17, 15) is 0 Å². The van der Waals surface area contributed by atoms with Gasteiger partial charge in [0.05, 0.1) is 11.2 Å². The Balaban J connectivity index is 0.000000491. The van der Waals surface area contributed by atoms with Crippen LogP contribution in [0.2, 0.25) is 0 Å². The topological polar surface area (TPSA) is 78.6 Å². The minimum atomic E-state index is -2.62. The molecule has 0 saturated carbocycles. The van der Waals surface area contributed by atoms with Gasteiger partial charge in [0.1, 0.15) is 0 Å². The Labute approximate surface area is 129 Å². The van der Waals surface area contributed by atoms with Crippen LogP contribution in [-0.2, 0) is 20.2 Å². The molecule has 0 radical (unpaired) electrons. The van der Waals surface area contributed by atoms with E-state index < -0.39 is 10.9 Å². The smallest absolute Gasteiger partial charge is 0.399 e. The van der Waals surface area contributed by atoms with E-state index in [1.54, 1.807) is 0 Å². The highest BCUT2D eigenvalue weighted by molar-refractivity contribution is 7.69. The summed E-state index contributed by atoms with van der Waals surface area (Å²) in [4.78, 5) is 0. The van der Waals surface area contributed by atoms with Crippen LogP contribution < -0.4 is 10.6 Å². The van der Waals surface area contributed by atoms with Crippen LogP contribution in [0.15, 0.2) is 18.2 Å². The highest BCUT2D eigenvalue weighted by Crippen LogP contribution is 2.36. The fourth-order valence-electron chi connectivity index (χ4n) is 2.00. The predicted octanol–water partition coefficient (Wildman–Crippen LogP) is 1.07. The van der Waals surface area contributed by atoms with Crippen LogP contribution in [0.1, 0.15) is 38.8 Å². The average molecular weight is 313 g/mol. The minimum absolute atomic E-state index is 0.250. The summed E-state index contributed by atoms with van der Waals surface area (Å²) >= 11 is 0. The van der Waals surface area contributed by atoms with Gasteiger partial charge in [-0.15, -0.1) is 0 Å². The molecule has 118 valence electrons. The second kappa shape index (κ2) is 6.48. The Morgan fingerprint density at radius 1 is 1.05 bits per heavy atom. The van der Waals surface area contributed by atoms with E-state index in [4.69, 9.17) is 17.7 Å². The van der Waals surface area contributed by atoms with Gasteiger partial charge in [-0.3, -0.25) is 0 Å². The van der Waals surface area contributed by atoms with E-state index in [1.165, 1.54) is 11.1 Å². The second-order valence-electron chi connectivity index (χ2n) is 6.16. The second-order valence-corrected chi connectivity index (χ2v) is 6.73. The van der Waals surface area contributed by atoms with Crippen molar-refractivity contribution in [2.24, 2.45) is 5.14 Å². The first-order chi connectivity index (χ1) is 9.48. The van der Waals surface area contributed by atoms with Gasteiger partial charge >= 0.3 is 7.12 Å². The SMILES string of the molecule is Cc1cccc(B2OC(C)(C)C(C)(C)O2)c1C.N[SH](=O)=O. The van der Waals surface area contributed by atoms with Crippen molar-refractivity contribution in [3.8, 4) is 0 Å². The van der Waals surface area contributed by atoms with Gasteiger partial charge in [0.25, 0.3) is 0 Å². The van der Waals surface area contributed by atoms with Crippen LogP contribution in [0, 0.1) is 13.8 Å². The van der Waals surface area contributed by atoms with Gasteiger partial charge in [0, 0.05) is 0 Å². The Hall–Kier alpha value is -0.885. The molecular formula is C14H24BNO4S. The van der Waals surface area contributed by atoms with Crippen molar-refractivity contribution in [3.05, 3.63) is 29.3 Å². The molecule has 2 N–H and O–H groups in total. The summed E-state index contributed by atoms with van der Waals surface area (Å²) in [5.41, 5.74) is 3.13. The lowest BCUT2D eigenvalue weighted by molar-refractivity contribution is 0.00578. The summed E-state index contributed by atoms with van der Waals surface area (Å²) in [6, 6.07) is 6.26. The first kappa shape index (κ1) is 18.2. The molecule has 21 heavy (non-hydrogen) atoms. The molecule has 1 aromatic carbocycles. The molecule has 0 aromatic heterocycles. The van der Waals surface area contributed by atoms with Crippen LogP contribution in [-0.4, -0.2) is 26.7 Å². The Morgan fingerprint density at radius 2 is 1.48 bits per heavy atom. The van der Waals surface area contributed by atoms with E-state index in [0.717, 1.165) is 5.46 Å². The molecule has 2 rings (SSSR count). The van der Waals surface area contributed by atoms with Crippen molar-refractivity contribution in [2.75, 3.05) is 0 Å². The van der Waals surface area contributed by atoms with Crippen molar-refractivity contribution >= 4 is 23.5 Å². The summed E-state index contributed by atoms with van der Waals surface area (Å²) < 4.78 is 29.8. The first-order valence-electron chi connectivity index (χ1n) is 6.79. The molecule has 5 nitrogen and oxygen atoms in total. The number of thiol groups is 1. The summed E-state index contributed by atoms with van der Waals surface area (Å²) in [5, 5.41) is 4.06. The molecule has 0 aliphatic carbocycles. The third kappa shape index (κ3) is 4.29. The van der Waals surface area contributed by atoms with Gasteiger partial charge in [-0.2, -0.15) is 0 Å². The Bertz CT molecular complexity index is 560. The minimum Gasteiger partial charge on any atom is -0.399 e. The maximum Gasteiger partial charge on any atom is 0.495 e. The lowest BCUT2D eigenvalue weighted by Gasteiger charge is -2.32. The van der Waals surface area contributed by atoms with E-state index in [0.29, 0.717) is 0 Å². The zero-order chi connectivity index (χ0) is 16.4. The van der Waals surface area contributed by atoms with Crippen molar-refractivity contribution < 1.29 is 17.7 Å². The third-order valence-electron chi connectivity index (χ3n) is 4.15. The lowest BCUT2D eigenvalue weighted by atomic mass is 9.75. The summed E-state index contributed by atoms with van der Waals surface area (Å²) in [5.74, 6) is 0. The molecule has 1 aromatic rings. The number of hydrogen-bond acceptors (Lipinski definition) is 4. The number of rotatable bonds is 1. The molecule has 1 heterocycles. The van der Waals surface area contributed by atoms with E-state index in [2.05, 4.69) is 64.9 Å². The van der Waals surface area contributed by atoms with Crippen LogP contribution in [0.25, 0.3) is 0 Å².